The van der Waals surface area contributed by atoms with Gasteiger partial charge >= 0.3 is 12.5 Å². The second kappa shape index (κ2) is 6.02. The predicted octanol–water partition coefficient (Wildman–Crippen LogP) is 5.18. The van der Waals surface area contributed by atoms with Crippen LogP contribution < -0.4 is 4.74 Å². The third kappa shape index (κ3) is 3.76. The molecule has 0 spiro atoms. The lowest BCUT2D eigenvalue weighted by Crippen LogP contribution is -2.18. The van der Waals surface area contributed by atoms with E-state index in [0.29, 0.717) is 6.07 Å². The van der Waals surface area contributed by atoms with Crippen LogP contribution in [0, 0.1) is 10.1 Å². The van der Waals surface area contributed by atoms with Gasteiger partial charge in [-0.2, -0.15) is 13.2 Å². The molecule has 24 heavy (non-hydrogen) atoms. The highest BCUT2D eigenvalue weighted by Gasteiger charge is 2.42. The van der Waals surface area contributed by atoms with E-state index >= 15 is 0 Å². The smallest absolute Gasteiger partial charge is 0.405 e. The zero-order chi connectivity index (χ0) is 18.1. The van der Waals surface area contributed by atoms with Gasteiger partial charge in [0.05, 0.1) is 4.92 Å². The number of ether oxygens (including phenoxy) is 1. The lowest BCUT2D eigenvalue weighted by atomic mass is 9.97. The van der Waals surface area contributed by atoms with E-state index in [0.717, 1.165) is 30.3 Å². The zero-order valence-corrected chi connectivity index (χ0v) is 11.5. The number of nitro groups is 1. The first kappa shape index (κ1) is 17.6. The predicted molar refractivity (Wildman–Crippen MR) is 70.2 cm³/mol. The number of hydrogen-bond donors (Lipinski definition) is 0. The summed E-state index contributed by atoms with van der Waals surface area (Å²) < 4.78 is 80.8. The minimum absolute atomic E-state index is 0.564. The number of para-hydroxylation sites is 1. The van der Waals surface area contributed by atoms with Gasteiger partial charge in [0.2, 0.25) is 0 Å². The van der Waals surface area contributed by atoms with Crippen molar-refractivity contribution in [3.8, 4) is 16.9 Å². The number of hydrogen-bond acceptors (Lipinski definition) is 3. The van der Waals surface area contributed by atoms with Crippen molar-refractivity contribution in [1.82, 2.24) is 0 Å². The number of nitrogens with zero attached hydrogens (tertiary/aromatic N) is 1. The molecule has 128 valence electrons. The summed E-state index contributed by atoms with van der Waals surface area (Å²) >= 11 is 0. The number of rotatable bonds is 3. The molecule has 0 radical (unpaired) electrons. The minimum Gasteiger partial charge on any atom is -0.405 e. The minimum atomic E-state index is -5.15. The lowest BCUT2D eigenvalue weighted by Gasteiger charge is -2.17. The molecule has 0 bridgehead atoms. The molecular formula is C14H7F6NO3. The second-order valence-electron chi connectivity index (χ2n) is 4.50. The third-order valence-corrected chi connectivity index (χ3v) is 2.93. The number of nitro benzene ring substituents is 1. The van der Waals surface area contributed by atoms with Crippen molar-refractivity contribution < 1.29 is 36.0 Å². The third-order valence-electron chi connectivity index (χ3n) is 2.93. The van der Waals surface area contributed by atoms with Crippen molar-refractivity contribution in [2.45, 2.75) is 12.5 Å². The SMILES string of the molecule is O=[N+]([O-])c1cccc(-c2ccccc2OC(F)(F)F)c1C(F)(F)F. The highest BCUT2D eigenvalue weighted by atomic mass is 19.4. The molecule has 2 aromatic rings. The van der Waals surface area contributed by atoms with Crippen LogP contribution in [0.4, 0.5) is 32.0 Å². The first-order valence-electron chi connectivity index (χ1n) is 6.20. The van der Waals surface area contributed by atoms with Gasteiger partial charge in [-0.15, -0.1) is 13.2 Å². The largest absolute Gasteiger partial charge is 0.573 e. The Hall–Kier alpha value is -2.78. The summed E-state index contributed by atoms with van der Waals surface area (Å²) in [6.45, 7) is 0. The Balaban J connectivity index is 2.75. The Morgan fingerprint density at radius 2 is 1.46 bits per heavy atom. The first-order chi connectivity index (χ1) is 11.0. The summed E-state index contributed by atoms with van der Waals surface area (Å²) in [5.74, 6) is -0.893. The summed E-state index contributed by atoms with van der Waals surface area (Å²) in [5, 5.41) is 10.9. The normalized spacial score (nSPS) is 12.1. The molecule has 0 heterocycles. The van der Waals surface area contributed by atoms with Crippen molar-refractivity contribution in [2.24, 2.45) is 0 Å². The fourth-order valence-corrected chi connectivity index (χ4v) is 2.12. The van der Waals surface area contributed by atoms with Gasteiger partial charge in [-0.1, -0.05) is 30.3 Å². The van der Waals surface area contributed by atoms with Crippen LogP contribution in [0.2, 0.25) is 0 Å². The molecule has 2 aromatic carbocycles. The van der Waals surface area contributed by atoms with Gasteiger partial charge in [0.1, 0.15) is 11.3 Å². The molecular weight excluding hydrogens is 344 g/mol. The van der Waals surface area contributed by atoms with Gasteiger partial charge in [0, 0.05) is 17.2 Å². The van der Waals surface area contributed by atoms with Gasteiger partial charge in [-0.25, -0.2) is 0 Å². The van der Waals surface area contributed by atoms with E-state index in [2.05, 4.69) is 4.74 Å². The van der Waals surface area contributed by atoms with E-state index in [4.69, 9.17) is 0 Å². The van der Waals surface area contributed by atoms with Gasteiger partial charge in [-0.3, -0.25) is 10.1 Å². The molecule has 0 unspecified atom stereocenters. The Labute approximate surface area is 130 Å². The molecule has 10 heteroatoms. The van der Waals surface area contributed by atoms with Crippen LogP contribution >= 0.6 is 0 Å². The molecule has 0 aliphatic rings. The number of benzene rings is 2. The van der Waals surface area contributed by atoms with Crippen LogP contribution in [0.5, 0.6) is 5.75 Å². The van der Waals surface area contributed by atoms with Crippen molar-refractivity contribution in [3.05, 3.63) is 58.1 Å². The van der Waals surface area contributed by atoms with E-state index in [9.17, 15) is 36.5 Å². The van der Waals surface area contributed by atoms with Gasteiger partial charge in [0.25, 0.3) is 5.69 Å². The molecule has 0 fully saturated rings. The Bertz CT molecular complexity index is 770. The van der Waals surface area contributed by atoms with Crippen LogP contribution in [0.25, 0.3) is 11.1 Å². The molecule has 4 nitrogen and oxygen atoms in total. The monoisotopic (exact) mass is 351 g/mol. The van der Waals surface area contributed by atoms with Crippen LogP contribution in [0.3, 0.4) is 0 Å². The molecule has 0 aliphatic heterocycles. The van der Waals surface area contributed by atoms with Crippen LogP contribution in [0.15, 0.2) is 42.5 Å². The maximum atomic E-state index is 13.3. The molecule has 0 aromatic heterocycles. The average molecular weight is 351 g/mol. The fourth-order valence-electron chi connectivity index (χ4n) is 2.12. The van der Waals surface area contributed by atoms with Crippen LogP contribution in [-0.2, 0) is 6.18 Å². The Kier molecular flexibility index (Phi) is 4.41. The average Bonchev–Trinajstić information content (AvgIpc) is 2.44. The lowest BCUT2D eigenvalue weighted by molar-refractivity contribution is -0.388. The maximum absolute atomic E-state index is 13.3. The Morgan fingerprint density at radius 1 is 0.875 bits per heavy atom. The number of alkyl halides is 6. The van der Waals surface area contributed by atoms with Gasteiger partial charge < -0.3 is 4.74 Å². The van der Waals surface area contributed by atoms with Crippen molar-refractivity contribution >= 4 is 5.69 Å². The molecule has 0 atom stereocenters. The summed E-state index contributed by atoms with van der Waals surface area (Å²) in [7, 11) is 0. The molecule has 0 amide bonds. The molecule has 0 N–H and O–H groups in total. The van der Waals surface area contributed by atoms with Crippen molar-refractivity contribution in [2.75, 3.05) is 0 Å². The summed E-state index contributed by atoms with van der Waals surface area (Å²) in [4.78, 5) is 9.61. The van der Waals surface area contributed by atoms with E-state index in [1.165, 1.54) is 6.07 Å². The van der Waals surface area contributed by atoms with Gasteiger partial charge in [-0.05, 0) is 6.07 Å². The zero-order valence-electron chi connectivity index (χ0n) is 11.5. The molecule has 0 saturated carbocycles. The second-order valence-corrected chi connectivity index (χ2v) is 4.50. The summed E-state index contributed by atoms with van der Waals surface area (Å²) in [5.41, 5.74) is -4.25. The van der Waals surface area contributed by atoms with E-state index < -0.39 is 45.6 Å². The highest BCUT2D eigenvalue weighted by molar-refractivity contribution is 5.77. The van der Waals surface area contributed by atoms with E-state index in [-0.39, 0.29) is 0 Å². The number of halogens is 6. The van der Waals surface area contributed by atoms with E-state index in [1.807, 2.05) is 0 Å². The molecule has 0 saturated heterocycles. The quantitative estimate of drug-likeness (QED) is 0.435. The standard InChI is InChI=1S/C14H7F6NO3/c15-13(16,17)12-9(5-3-6-10(12)21(22)23)8-4-1-2-7-11(8)24-14(18,19)20/h1-7H. The summed E-state index contributed by atoms with van der Waals surface area (Å²) in [6.07, 6.45) is -10.3. The fraction of sp³-hybridized carbons (Fsp3) is 0.143. The van der Waals surface area contributed by atoms with Gasteiger partial charge in [0.15, 0.2) is 0 Å². The molecule has 0 aliphatic carbocycles. The van der Waals surface area contributed by atoms with Crippen molar-refractivity contribution in [1.29, 1.82) is 0 Å². The first-order valence-corrected chi connectivity index (χ1v) is 6.20. The summed E-state index contributed by atoms with van der Waals surface area (Å²) in [6, 6.07) is 6.52. The van der Waals surface area contributed by atoms with Crippen LogP contribution in [0.1, 0.15) is 5.56 Å². The van der Waals surface area contributed by atoms with Crippen molar-refractivity contribution in [3.63, 3.8) is 0 Å². The highest BCUT2D eigenvalue weighted by Crippen LogP contribution is 2.45. The maximum Gasteiger partial charge on any atom is 0.573 e. The van der Waals surface area contributed by atoms with Crippen LogP contribution in [-0.4, -0.2) is 11.3 Å². The van der Waals surface area contributed by atoms with E-state index in [1.54, 1.807) is 0 Å². The molecule has 2 rings (SSSR count). The topological polar surface area (TPSA) is 52.4 Å². The Morgan fingerprint density at radius 3 is 2.00 bits per heavy atom.